The van der Waals surface area contributed by atoms with E-state index in [0.29, 0.717) is 0 Å². The molecule has 0 bridgehead atoms. The van der Waals surface area contributed by atoms with Crippen molar-refractivity contribution in [1.82, 2.24) is 0 Å². The Morgan fingerprint density at radius 1 is 1.50 bits per heavy atom. The summed E-state index contributed by atoms with van der Waals surface area (Å²) in [6, 6.07) is 0. The van der Waals surface area contributed by atoms with Gasteiger partial charge < -0.3 is 14.9 Å². The van der Waals surface area contributed by atoms with Gasteiger partial charge in [0.05, 0.1) is 0 Å². The van der Waals surface area contributed by atoms with Gasteiger partial charge in [0.15, 0.2) is 5.76 Å². The van der Waals surface area contributed by atoms with Gasteiger partial charge in [-0.3, -0.25) is 0 Å². The van der Waals surface area contributed by atoms with Crippen LogP contribution in [-0.4, -0.2) is 16.8 Å². The lowest BCUT2D eigenvalue weighted by molar-refractivity contribution is 0.197. The monoisotopic (exact) mass is 114 g/mol. The molecule has 3 nitrogen and oxygen atoms in total. The highest BCUT2D eigenvalue weighted by Gasteiger charge is 2.00. The second-order valence-corrected chi connectivity index (χ2v) is 1.49. The molecule has 0 saturated carbocycles. The molecule has 1 aliphatic rings. The van der Waals surface area contributed by atoms with Crippen molar-refractivity contribution < 1.29 is 14.9 Å². The normalized spacial score (nSPS) is 18.5. The number of hydrogen-bond donors (Lipinski definition) is 2. The van der Waals surface area contributed by atoms with E-state index < -0.39 is 0 Å². The molecular formula is C5H6O3. The molecule has 0 spiro atoms. The molecular weight excluding hydrogens is 108 g/mol. The van der Waals surface area contributed by atoms with Crippen molar-refractivity contribution in [2.75, 3.05) is 6.61 Å². The van der Waals surface area contributed by atoms with Gasteiger partial charge in [0.1, 0.15) is 18.6 Å². The van der Waals surface area contributed by atoms with Crippen molar-refractivity contribution in [2.45, 2.75) is 0 Å². The van der Waals surface area contributed by atoms with Crippen LogP contribution < -0.4 is 0 Å². The summed E-state index contributed by atoms with van der Waals surface area (Å²) in [5.74, 6) is -0.00116. The second kappa shape index (κ2) is 1.78. The third-order valence-corrected chi connectivity index (χ3v) is 0.750. The van der Waals surface area contributed by atoms with E-state index in [1.54, 1.807) is 0 Å². The van der Waals surface area contributed by atoms with Crippen LogP contribution >= 0.6 is 0 Å². The van der Waals surface area contributed by atoms with Crippen molar-refractivity contribution in [3.63, 3.8) is 0 Å². The Morgan fingerprint density at radius 3 is 2.62 bits per heavy atom. The third-order valence-electron chi connectivity index (χ3n) is 0.750. The molecule has 0 amide bonds. The summed E-state index contributed by atoms with van der Waals surface area (Å²) in [5.41, 5.74) is 0. The van der Waals surface area contributed by atoms with Crippen LogP contribution in [0.2, 0.25) is 0 Å². The summed E-state index contributed by atoms with van der Waals surface area (Å²) >= 11 is 0. The van der Waals surface area contributed by atoms with Crippen molar-refractivity contribution >= 4 is 0 Å². The van der Waals surface area contributed by atoms with Crippen LogP contribution in [0, 0.1) is 0 Å². The van der Waals surface area contributed by atoms with Crippen LogP contribution in [0.4, 0.5) is 0 Å². The van der Waals surface area contributed by atoms with Gasteiger partial charge in [-0.1, -0.05) is 0 Å². The maximum absolute atomic E-state index is 8.61. The van der Waals surface area contributed by atoms with E-state index in [-0.39, 0.29) is 18.1 Å². The molecule has 0 aromatic carbocycles. The topological polar surface area (TPSA) is 49.7 Å². The quantitative estimate of drug-likeness (QED) is 0.491. The highest BCUT2D eigenvalue weighted by atomic mass is 16.5. The van der Waals surface area contributed by atoms with Crippen LogP contribution in [0.1, 0.15) is 0 Å². The fraction of sp³-hybridized carbons (Fsp3) is 0.200. The highest BCUT2D eigenvalue weighted by molar-refractivity contribution is 5.14. The molecule has 44 valence electrons. The van der Waals surface area contributed by atoms with E-state index in [1.807, 2.05) is 0 Å². The van der Waals surface area contributed by atoms with Crippen molar-refractivity contribution in [3.8, 4) is 0 Å². The minimum atomic E-state index is -0.0475. The number of allylic oxidation sites excluding steroid dienone is 1. The molecule has 1 rings (SSSR count). The van der Waals surface area contributed by atoms with E-state index >= 15 is 0 Å². The lowest BCUT2D eigenvalue weighted by Gasteiger charge is -2.04. The van der Waals surface area contributed by atoms with E-state index in [0.717, 1.165) is 0 Å². The van der Waals surface area contributed by atoms with Gasteiger partial charge in [0.2, 0.25) is 0 Å². The Balaban J connectivity index is 2.69. The first kappa shape index (κ1) is 5.03. The number of aliphatic hydroxyl groups is 2. The molecule has 0 aliphatic carbocycles. The zero-order chi connectivity index (χ0) is 5.98. The first-order valence-electron chi connectivity index (χ1n) is 2.19. The first-order chi connectivity index (χ1) is 3.79. The van der Waals surface area contributed by atoms with E-state index in [4.69, 9.17) is 10.2 Å². The number of hydrogen-bond acceptors (Lipinski definition) is 3. The van der Waals surface area contributed by atoms with Crippen molar-refractivity contribution in [1.29, 1.82) is 0 Å². The molecule has 0 fully saturated rings. The minimum Gasteiger partial charge on any atom is -0.509 e. The van der Waals surface area contributed by atoms with Crippen molar-refractivity contribution in [3.05, 3.63) is 23.9 Å². The van der Waals surface area contributed by atoms with Gasteiger partial charge in [0, 0.05) is 6.08 Å². The average Bonchev–Trinajstić information content (AvgIpc) is 1.64. The molecule has 3 heteroatoms. The lowest BCUT2D eigenvalue weighted by Crippen LogP contribution is -1.98. The van der Waals surface area contributed by atoms with Crippen LogP contribution in [0.15, 0.2) is 23.9 Å². The summed E-state index contributed by atoms with van der Waals surface area (Å²) < 4.78 is 4.56. The van der Waals surface area contributed by atoms with E-state index in [2.05, 4.69) is 4.74 Å². The fourth-order valence-corrected chi connectivity index (χ4v) is 0.459. The summed E-state index contributed by atoms with van der Waals surface area (Å²) in [7, 11) is 0. The molecule has 0 saturated heterocycles. The van der Waals surface area contributed by atoms with Crippen LogP contribution in [0.5, 0.6) is 0 Å². The van der Waals surface area contributed by atoms with Crippen LogP contribution in [-0.2, 0) is 4.74 Å². The first-order valence-corrected chi connectivity index (χ1v) is 2.19. The molecule has 1 heterocycles. The molecule has 0 radical (unpaired) electrons. The molecule has 0 atom stereocenters. The number of ether oxygens (including phenoxy) is 1. The maximum Gasteiger partial charge on any atom is 0.153 e. The Bertz CT molecular complexity index is 146. The molecule has 8 heavy (non-hydrogen) atoms. The molecule has 0 unspecified atom stereocenters. The smallest absolute Gasteiger partial charge is 0.153 e. The maximum atomic E-state index is 8.61. The van der Waals surface area contributed by atoms with Crippen molar-refractivity contribution in [2.24, 2.45) is 0 Å². The van der Waals surface area contributed by atoms with Gasteiger partial charge >= 0.3 is 0 Å². The molecule has 2 N–H and O–H groups in total. The van der Waals surface area contributed by atoms with Gasteiger partial charge in [-0.25, -0.2) is 0 Å². The highest BCUT2D eigenvalue weighted by Crippen LogP contribution is 2.03. The van der Waals surface area contributed by atoms with Crippen LogP contribution in [0.25, 0.3) is 0 Å². The third kappa shape index (κ3) is 0.932. The largest absolute Gasteiger partial charge is 0.509 e. The van der Waals surface area contributed by atoms with E-state index in [1.165, 1.54) is 12.3 Å². The average molecular weight is 114 g/mol. The zero-order valence-corrected chi connectivity index (χ0v) is 4.16. The predicted octanol–water partition coefficient (Wildman–Crippen LogP) is 0.858. The summed E-state index contributed by atoms with van der Waals surface area (Å²) in [5, 5.41) is 17.2. The second-order valence-electron chi connectivity index (χ2n) is 1.49. The number of rotatable bonds is 0. The standard InChI is InChI=1S/C5H6O3/c6-4-1-5(7)3-8-2-4/h1-2,6-7H,3H2. The Labute approximate surface area is 46.5 Å². The molecule has 1 aliphatic heterocycles. The predicted molar refractivity (Wildman–Crippen MR) is 27.4 cm³/mol. The summed E-state index contributed by atoms with van der Waals surface area (Å²) in [6.45, 7) is 0.157. The zero-order valence-electron chi connectivity index (χ0n) is 4.16. The van der Waals surface area contributed by atoms with E-state index in [9.17, 15) is 0 Å². The number of aliphatic hydroxyl groups excluding tert-OH is 2. The van der Waals surface area contributed by atoms with Crippen LogP contribution in [0.3, 0.4) is 0 Å². The van der Waals surface area contributed by atoms with Gasteiger partial charge in [-0.2, -0.15) is 0 Å². The summed E-state index contributed by atoms with van der Waals surface area (Å²) in [6.07, 6.45) is 2.42. The van der Waals surface area contributed by atoms with Gasteiger partial charge in [0.25, 0.3) is 0 Å². The Hall–Kier alpha value is -1.12. The molecule has 0 aromatic rings. The Morgan fingerprint density at radius 2 is 2.25 bits per heavy atom. The summed E-state index contributed by atoms with van der Waals surface area (Å²) in [4.78, 5) is 0. The fourth-order valence-electron chi connectivity index (χ4n) is 0.459. The minimum absolute atomic E-state index is 0.0463. The Kier molecular flexibility index (Phi) is 1.12. The lowest BCUT2D eigenvalue weighted by atomic mass is 10.4. The SMILES string of the molecule is OC1=COCC(O)=C1. The van der Waals surface area contributed by atoms with Gasteiger partial charge in [-0.05, 0) is 0 Å². The van der Waals surface area contributed by atoms with Gasteiger partial charge in [-0.15, -0.1) is 0 Å². The molecule has 0 aromatic heterocycles.